The van der Waals surface area contributed by atoms with Gasteiger partial charge in [0.2, 0.25) is 0 Å². The van der Waals surface area contributed by atoms with E-state index in [4.69, 9.17) is 0 Å². The summed E-state index contributed by atoms with van der Waals surface area (Å²) < 4.78 is 0. The van der Waals surface area contributed by atoms with Crippen LogP contribution in [0.25, 0.3) is 0 Å². The van der Waals surface area contributed by atoms with Gasteiger partial charge in [-0.25, -0.2) is 0 Å². The molecule has 0 amide bonds. The van der Waals surface area contributed by atoms with Crippen molar-refractivity contribution in [2.45, 2.75) is 117 Å². The molecular weight excluding hydrogens is 578 g/mol. The van der Waals surface area contributed by atoms with Crippen molar-refractivity contribution >= 4 is 0 Å². The molecule has 10 radical (unpaired) electrons. The van der Waals surface area contributed by atoms with Crippen LogP contribution in [0.4, 0.5) is 0 Å². The first-order valence-corrected chi connectivity index (χ1v) is 17.1. The van der Waals surface area contributed by atoms with E-state index in [1.54, 1.807) is 0 Å². The molecule has 0 aromatic carbocycles. The molecule has 0 heterocycles. The molecule has 0 spiro atoms. The van der Waals surface area contributed by atoms with Gasteiger partial charge in [0.05, 0.1) is 6.54 Å². The number of aliphatic hydroxyl groups excluding tert-OH is 1. The van der Waals surface area contributed by atoms with Crippen LogP contribution in [0.3, 0.4) is 0 Å². The topological polar surface area (TPSA) is 36.8 Å². The minimum Gasteiger partial charge on any atom is -1.00 e. The Balaban J connectivity index is 0.000000628. The van der Waals surface area contributed by atoms with Gasteiger partial charge in [-0.3, -0.25) is 0 Å². The molecule has 1 unspecified atom stereocenters. The van der Waals surface area contributed by atoms with Gasteiger partial charge >= 0.3 is 17.1 Å². The molecule has 236 valence electrons. The number of halogens is 1. The maximum absolute atomic E-state index is 11.3. The molecular formula is C38H60ClFeNO+2. The summed E-state index contributed by atoms with van der Waals surface area (Å²) in [6.45, 7) is 13.7. The van der Waals surface area contributed by atoms with Crippen molar-refractivity contribution in [2.75, 3.05) is 6.54 Å². The fraction of sp³-hybridized carbons (Fsp3) is 0.737. The fourth-order valence-corrected chi connectivity index (χ4v) is 10.8. The van der Waals surface area contributed by atoms with Gasteiger partial charge in [-0.1, -0.05) is 53.9 Å². The first-order valence-electron chi connectivity index (χ1n) is 17.1. The van der Waals surface area contributed by atoms with Gasteiger partial charge in [0.1, 0.15) is 12.1 Å². The Morgan fingerprint density at radius 3 is 2.12 bits per heavy atom. The van der Waals surface area contributed by atoms with Crippen LogP contribution in [0, 0.1) is 116 Å². The summed E-state index contributed by atoms with van der Waals surface area (Å²) >= 11 is 0. The number of nitrogens with two attached hydrogens (primary N) is 1. The minimum absolute atomic E-state index is 0. The molecule has 6 aliphatic rings. The molecule has 42 heavy (non-hydrogen) atoms. The van der Waals surface area contributed by atoms with Crippen LogP contribution in [-0.2, 0) is 17.1 Å². The third-order valence-corrected chi connectivity index (χ3v) is 12.9. The normalized spacial score (nSPS) is 41.9. The Labute approximate surface area is 278 Å². The number of fused-ring (bicyclic) bond motifs is 5. The van der Waals surface area contributed by atoms with Crippen molar-refractivity contribution < 1.29 is 39.9 Å². The maximum Gasteiger partial charge on any atom is 2.00 e. The summed E-state index contributed by atoms with van der Waals surface area (Å²) in [6.07, 6.45) is 33.8. The monoisotopic (exact) mass is 637 g/mol. The molecule has 4 heteroatoms. The zero-order chi connectivity index (χ0) is 28.3. The van der Waals surface area contributed by atoms with Crippen LogP contribution in [-0.4, -0.2) is 23.8 Å². The van der Waals surface area contributed by atoms with Crippen LogP contribution < -0.4 is 17.7 Å². The summed E-state index contributed by atoms with van der Waals surface area (Å²) in [5.41, 5.74) is 0.931. The van der Waals surface area contributed by atoms with Gasteiger partial charge in [0, 0.05) is 12.3 Å². The van der Waals surface area contributed by atoms with Crippen LogP contribution >= 0.6 is 0 Å². The van der Waals surface area contributed by atoms with E-state index in [-0.39, 0.29) is 35.6 Å². The number of hydrogen-bond donors (Lipinski definition) is 2. The first-order chi connectivity index (χ1) is 19.2. The van der Waals surface area contributed by atoms with Crippen LogP contribution in [0.1, 0.15) is 105 Å². The Morgan fingerprint density at radius 1 is 0.833 bits per heavy atom. The Kier molecular flexibility index (Phi) is 14.6. The van der Waals surface area contributed by atoms with Gasteiger partial charge < -0.3 is 22.8 Å². The van der Waals surface area contributed by atoms with Crippen LogP contribution in [0.5, 0.6) is 0 Å². The van der Waals surface area contributed by atoms with E-state index in [1.807, 2.05) is 32.1 Å². The number of hydrogen-bond acceptors (Lipinski definition) is 1. The van der Waals surface area contributed by atoms with Gasteiger partial charge in [0.15, 0.2) is 0 Å². The number of rotatable bonds is 8. The molecule has 10 atom stereocenters. The van der Waals surface area contributed by atoms with Gasteiger partial charge in [-0.05, 0) is 155 Å². The molecule has 0 saturated heterocycles. The molecule has 6 rings (SSSR count). The van der Waals surface area contributed by atoms with Crippen LogP contribution in [0.15, 0.2) is 0 Å². The second-order valence-corrected chi connectivity index (χ2v) is 15.6. The zero-order valence-corrected chi connectivity index (χ0v) is 29.0. The second-order valence-electron chi connectivity index (χ2n) is 15.6. The first kappa shape index (κ1) is 37.2. The molecule has 6 fully saturated rings. The Bertz CT molecular complexity index is 775. The van der Waals surface area contributed by atoms with E-state index in [0.717, 1.165) is 54.4 Å². The van der Waals surface area contributed by atoms with Crippen molar-refractivity contribution in [1.29, 1.82) is 0 Å². The number of quaternary nitrogens is 1. The molecule has 0 aromatic heterocycles. The zero-order valence-electron chi connectivity index (χ0n) is 27.1. The van der Waals surface area contributed by atoms with Crippen molar-refractivity contribution in [3.05, 3.63) is 63.7 Å². The predicted octanol–water partition coefficient (Wildman–Crippen LogP) is 4.44. The average molecular weight is 638 g/mol. The van der Waals surface area contributed by atoms with E-state index >= 15 is 0 Å². The van der Waals surface area contributed by atoms with Gasteiger partial charge in [0.25, 0.3) is 0 Å². The molecule has 0 aliphatic heterocycles. The van der Waals surface area contributed by atoms with Crippen molar-refractivity contribution in [3.8, 4) is 0 Å². The molecule has 3 N–H and O–H groups in total. The average Bonchev–Trinajstić information content (AvgIpc) is 3.70. The summed E-state index contributed by atoms with van der Waals surface area (Å²) in [7, 11) is 0. The second kappa shape index (κ2) is 16.5. The van der Waals surface area contributed by atoms with E-state index in [1.165, 1.54) is 70.1 Å². The largest absolute Gasteiger partial charge is 2.00 e. The summed E-state index contributed by atoms with van der Waals surface area (Å²) in [6, 6.07) is 0.385. The van der Waals surface area contributed by atoms with Gasteiger partial charge in [-0.15, -0.1) is 0 Å². The van der Waals surface area contributed by atoms with Crippen molar-refractivity contribution in [2.24, 2.45) is 52.3 Å². The summed E-state index contributed by atoms with van der Waals surface area (Å²) in [5.74, 6) is 7.59. The van der Waals surface area contributed by atoms with Gasteiger partial charge in [-0.2, -0.15) is 0 Å². The summed E-state index contributed by atoms with van der Waals surface area (Å²) in [4.78, 5) is 0. The fourth-order valence-electron chi connectivity index (χ4n) is 10.8. The molecule has 0 bridgehead atoms. The summed E-state index contributed by atoms with van der Waals surface area (Å²) in [5, 5.41) is 13.8. The standard InChI is InChI=1S/C33H54NO.C5H5.ClH.Fe/c1-22(2)9-8-10-23(3)27-15-16-28-26-14-13-25-19-30(34-21-24-11-6-7-12-24)31(35)20-33(25,5)29(26)17-18-32(27,28)4;1-2-4-5-3-1;;/h6-7,11-12,22-23,25-31,34-35H,8-10,13-21H2,1-5H3;1-5H;1H;/q;;;+2/t23-,25?,26+,27-,28+,29+,30+,31+,32-,33+;;;/m1.../s1. The Morgan fingerprint density at radius 2 is 1.48 bits per heavy atom. The molecule has 0 aromatic rings. The smallest absolute Gasteiger partial charge is 1.00 e. The van der Waals surface area contributed by atoms with Crippen molar-refractivity contribution in [1.82, 2.24) is 0 Å². The SMILES string of the molecule is CC(C)CCC[C@@H](C)[C@H]1CC[C@H]2[C@@H]3CCC4C[C@H]([NH2+]C[C]5[CH][CH][CH][CH]5)[C@@H](O)C[C@]4(C)[C@H]3CC[C@]12C.[CH]1[CH][CH][CH][CH]1.[Cl-].[Fe+2]. The van der Waals surface area contributed by atoms with E-state index in [0.29, 0.717) is 16.9 Å². The number of aliphatic hydroxyl groups is 1. The molecule has 2 nitrogen and oxygen atoms in total. The predicted molar refractivity (Wildman–Crippen MR) is 167 cm³/mol. The third kappa shape index (κ3) is 8.17. The molecule has 6 saturated carbocycles. The Hall–Kier alpha value is 0.729. The van der Waals surface area contributed by atoms with E-state index < -0.39 is 0 Å². The maximum atomic E-state index is 11.3. The minimum atomic E-state index is -0.143. The van der Waals surface area contributed by atoms with Crippen molar-refractivity contribution in [3.63, 3.8) is 0 Å². The third-order valence-electron chi connectivity index (χ3n) is 12.9. The van der Waals surface area contributed by atoms with E-state index in [9.17, 15) is 5.11 Å². The molecule has 6 aliphatic carbocycles. The van der Waals surface area contributed by atoms with E-state index in [2.05, 4.69) is 65.6 Å². The quantitative estimate of drug-likeness (QED) is 0.380. The van der Waals surface area contributed by atoms with Crippen LogP contribution in [0.2, 0.25) is 0 Å².